The van der Waals surface area contributed by atoms with Crippen LogP contribution in [0.1, 0.15) is 28.1 Å². The van der Waals surface area contributed by atoms with Gasteiger partial charge in [-0.2, -0.15) is 5.10 Å². The fraction of sp³-hybridized carbons (Fsp3) is 0.136. The number of H-pyrrole nitrogens is 1. The van der Waals surface area contributed by atoms with Crippen LogP contribution in [0.2, 0.25) is 0 Å². The number of nitrogens with one attached hydrogen (secondary N) is 1. The van der Waals surface area contributed by atoms with Crippen LogP contribution >= 0.6 is 0 Å². The Morgan fingerprint density at radius 3 is 2.57 bits per heavy atom. The predicted octanol–water partition coefficient (Wildman–Crippen LogP) is 4.09. The standard InChI is InChI=1S/C22H20N4O2/c1-13-9-10-17(14(2)11-13)19(27)12-18-22(28)24-21-20(23-18)15(3)25-26(21)16-7-5-4-6-8-16/h4-12,27H,1-3H3,(H,24,28). The Labute approximate surface area is 161 Å². The van der Waals surface area contributed by atoms with Crippen molar-refractivity contribution in [2.75, 3.05) is 0 Å². The Balaban J connectivity index is 1.84. The van der Waals surface area contributed by atoms with Crippen LogP contribution in [-0.2, 0) is 0 Å². The van der Waals surface area contributed by atoms with Crippen LogP contribution < -0.4 is 5.56 Å². The summed E-state index contributed by atoms with van der Waals surface area (Å²) in [6, 6.07) is 15.3. The number of aliphatic hydroxyl groups excluding tert-OH is 1. The second kappa shape index (κ2) is 6.81. The molecular formula is C22H20N4O2. The van der Waals surface area contributed by atoms with Gasteiger partial charge in [0.1, 0.15) is 17.0 Å². The third-order valence-corrected chi connectivity index (χ3v) is 4.66. The molecule has 6 nitrogen and oxygen atoms in total. The van der Waals surface area contributed by atoms with Crippen molar-refractivity contribution in [3.8, 4) is 5.69 Å². The first-order valence-electron chi connectivity index (χ1n) is 8.97. The van der Waals surface area contributed by atoms with Crippen molar-refractivity contribution in [3.63, 3.8) is 0 Å². The van der Waals surface area contributed by atoms with E-state index in [2.05, 4.69) is 15.1 Å². The van der Waals surface area contributed by atoms with Crippen molar-refractivity contribution in [3.05, 3.63) is 87.0 Å². The van der Waals surface area contributed by atoms with Gasteiger partial charge < -0.3 is 10.1 Å². The summed E-state index contributed by atoms with van der Waals surface area (Å²) < 4.78 is 1.66. The Hall–Kier alpha value is -3.67. The molecule has 28 heavy (non-hydrogen) atoms. The van der Waals surface area contributed by atoms with Gasteiger partial charge in [-0.05, 0) is 38.5 Å². The lowest BCUT2D eigenvalue weighted by Gasteiger charge is -2.06. The molecule has 0 aliphatic carbocycles. The summed E-state index contributed by atoms with van der Waals surface area (Å²) in [5, 5.41) is 15.0. The Morgan fingerprint density at radius 2 is 1.86 bits per heavy atom. The number of benzene rings is 2. The van der Waals surface area contributed by atoms with E-state index in [1.807, 2.05) is 69.3 Å². The molecule has 0 atom stereocenters. The van der Waals surface area contributed by atoms with E-state index in [1.165, 1.54) is 6.08 Å². The molecule has 4 rings (SSSR count). The molecule has 0 bridgehead atoms. The summed E-state index contributed by atoms with van der Waals surface area (Å²) in [7, 11) is 0. The molecule has 0 spiro atoms. The van der Waals surface area contributed by atoms with Gasteiger partial charge >= 0.3 is 0 Å². The number of hydrogen-bond acceptors (Lipinski definition) is 4. The Kier molecular flexibility index (Phi) is 4.31. The molecule has 2 N–H and O–H groups in total. The van der Waals surface area contributed by atoms with E-state index in [0.29, 0.717) is 22.4 Å². The molecule has 2 aromatic heterocycles. The zero-order chi connectivity index (χ0) is 19.8. The van der Waals surface area contributed by atoms with E-state index in [0.717, 1.165) is 16.8 Å². The van der Waals surface area contributed by atoms with Gasteiger partial charge in [0, 0.05) is 11.6 Å². The van der Waals surface area contributed by atoms with Crippen LogP contribution in [0.25, 0.3) is 28.7 Å². The van der Waals surface area contributed by atoms with E-state index in [-0.39, 0.29) is 17.0 Å². The average molecular weight is 372 g/mol. The fourth-order valence-corrected chi connectivity index (χ4v) is 3.27. The minimum Gasteiger partial charge on any atom is -0.507 e. The molecule has 0 amide bonds. The minimum atomic E-state index is -0.388. The van der Waals surface area contributed by atoms with Crippen molar-refractivity contribution >= 4 is 23.0 Å². The van der Waals surface area contributed by atoms with Crippen LogP contribution in [0, 0.1) is 20.8 Å². The number of aromatic amines is 1. The van der Waals surface area contributed by atoms with Gasteiger partial charge in [-0.3, -0.25) is 4.79 Å². The molecule has 0 saturated heterocycles. The number of aromatic nitrogens is 4. The normalized spacial score (nSPS) is 11.9. The molecular weight excluding hydrogens is 352 g/mol. The third-order valence-electron chi connectivity index (χ3n) is 4.66. The quantitative estimate of drug-likeness (QED) is 0.531. The van der Waals surface area contributed by atoms with Crippen LogP contribution in [0.3, 0.4) is 0 Å². The van der Waals surface area contributed by atoms with Crippen molar-refractivity contribution in [2.24, 2.45) is 0 Å². The maximum absolute atomic E-state index is 12.6. The molecule has 2 aromatic carbocycles. The van der Waals surface area contributed by atoms with E-state index >= 15 is 0 Å². The van der Waals surface area contributed by atoms with Crippen molar-refractivity contribution < 1.29 is 5.11 Å². The van der Waals surface area contributed by atoms with E-state index in [9.17, 15) is 9.90 Å². The van der Waals surface area contributed by atoms with E-state index in [4.69, 9.17) is 0 Å². The number of aryl methyl sites for hydroxylation is 3. The Bertz CT molecular complexity index is 1270. The Morgan fingerprint density at radius 1 is 1.11 bits per heavy atom. The van der Waals surface area contributed by atoms with Gasteiger partial charge in [-0.15, -0.1) is 0 Å². The van der Waals surface area contributed by atoms with Gasteiger partial charge in [0.2, 0.25) is 0 Å². The third kappa shape index (κ3) is 3.09. The summed E-state index contributed by atoms with van der Waals surface area (Å²) in [6.45, 7) is 5.75. The molecule has 0 aliphatic rings. The molecule has 0 radical (unpaired) electrons. The fourth-order valence-electron chi connectivity index (χ4n) is 3.27. The second-order valence-electron chi connectivity index (χ2n) is 6.83. The lowest BCUT2D eigenvalue weighted by Crippen LogP contribution is -2.13. The number of rotatable bonds is 3. The molecule has 0 aliphatic heterocycles. The zero-order valence-corrected chi connectivity index (χ0v) is 15.9. The smallest absolute Gasteiger partial charge is 0.275 e. The first-order valence-corrected chi connectivity index (χ1v) is 8.97. The van der Waals surface area contributed by atoms with Crippen LogP contribution in [0.5, 0.6) is 0 Å². The summed E-state index contributed by atoms with van der Waals surface area (Å²) >= 11 is 0. The van der Waals surface area contributed by atoms with Gasteiger partial charge in [0.25, 0.3) is 5.56 Å². The molecule has 2 heterocycles. The van der Waals surface area contributed by atoms with Crippen molar-refractivity contribution in [1.29, 1.82) is 0 Å². The van der Waals surface area contributed by atoms with E-state index in [1.54, 1.807) is 4.68 Å². The lowest BCUT2D eigenvalue weighted by molar-refractivity contribution is 0.514. The summed E-state index contributed by atoms with van der Waals surface area (Å²) in [4.78, 5) is 19.9. The summed E-state index contributed by atoms with van der Waals surface area (Å²) in [6.07, 6.45) is 1.40. The maximum atomic E-state index is 12.6. The average Bonchev–Trinajstić information content (AvgIpc) is 2.98. The molecule has 6 heteroatoms. The first-order chi connectivity index (χ1) is 13.4. The molecule has 0 unspecified atom stereocenters. The minimum absolute atomic E-state index is 0.00274. The zero-order valence-electron chi connectivity index (χ0n) is 15.9. The van der Waals surface area contributed by atoms with E-state index < -0.39 is 0 Å². The predicted molar refractivity (Wildman–Crippen MR) is 111 cm³/mol. The van der Waals surface area contributed by atoms with Gasteiger partial charge in [-0.25, -0.2) is 9.67 Å². The van der Waals surface area contributed by atoms with Gasteiger partial charge in [-0.1, -0.05) is 42.0 Å². The maximum Gasteiger partial charge on any atom is 0.275 e. The highest BCUT2D eigenvalue weighted by molar-refractivity contribution is 5.80. The number of para-hydroxylation sites is 1. The van der Waals surface area contributed by atoms with Crippen molar-refractivity contribution in [2.45, 2.75) is 20.8 Å². The first kappa shape index (κ1) is 17.7. The highest BCUT2D eigenvalue weighted by atomic mass is 16.3. The van der Waals surface area contributed by atoms with Gasteiger partial charge in [0.05, 0.1) is 11.4 Å². The molecule has 0 fully saturated rings. The highest BCUT2D eigenvalue weighted by Crippen LogP contribution is 2.21. The SMILES string of the molecule is Cc1ccc(C(O)=Cc2nc3c(C)nn(-c4ccccc4)c3[nH]c2=O)c(C)c1. The summed E-state index contributed by atoms with van der Waals surface area (Å²) in [5.74, 6) is 0.00274. The molecule has 140 valence electrons. The largest absolute Gasteiger partial charge is 0.507 e. The monoisotopic (exact) mass is 372 g/mol. The van der Waals surface area contributed by atoms with Crippen LogP contribution in [0.15, 0.2) is 53.3 Å². The second-order valence-corrected chi connectivity index (χ2v) is 6.83. The molecule has 4 aromatic rings. The lowest BCUT2D eigenvalue weighted by atomic mass is 10.0. The highest BCUT2D eigenvalue weighted by Gasteiger charge is 2.14. The topological polar surface area (TPSA) is 83.8 Å². The van der Waals surface area contributed by atoms with Crippen molar-refractivity contribution in [1.82, 2.24) is 19.7 Å². The number of nitrogens with zero attached hydrogens (tertiary/aromatic N) is 3. The molecule has 0 saturated carbocycles. The van der Waals surface area contributed by atoms with Crippen LogP contribution in [-0.4, -0.2) is 24.9 Å². The summed E-state index contributed by atoms with van der Waals surface area (Å²) in [5.41, 5.74) is 5.09. The number of fused-ring (bicyclic) bond motifs is 1. The van der Waals surface area contributed by atoms with Gasteiger partial charge in [0.15, 0.2) is 5.65 Å². The van der Waals surface area contributed by atoms with Crippen LogP contribution in [0.4, 0.5) is 0 Å². The number of aliphatic hydroxyl groups is 1. The number of hydrogen-bond donors (Lipinski definition) is 2.